The van der Waals surface area contributed by atoms with Gasteiger partial charge in [0.1, 0.15) is 0 Å². The fourth-order valence-corrected chi connectivity index (χ4v) is 5.90. The Balaban J connectivity index is 0.00000156. The molecule has 5 heteroatoms. The first kappa shape index (κ1) is 17.1. The first-order chi connectivity index (χ1) is 10.7. The Morgan fingerprint density at radius 1 is 1.17 bits per heavy atom. The van der Waals surface area contributed by atoms with Crippen molar-refractivity contribution in [3.05, 3.63) is 29.8 Å². The van der Waals surface area contributed by atoms with E-state index in [2.05, 4.69) is 23.5 Å². The fourth-order valence-electron chi connectivity index (χ4n) is 4.67. The Labute approximate surface area is 148 Å². The molecule has 4 rings (SSSR count). The minimum atomic E-state index is 0. The molecular weight excluding hydrogens is 328 g/mol. The van der Waals surface area contributed by atoms with Gasteiger partial charge in [-0.25, -0.2) is 0 Å². The molecule has 3 aliphatic rings. The highest BCUT2D eigenvalue weighted by molar-refractivity contribution is 7.99. The number of benzene rings is 1. The quantitative estimate of drug-likeness (QED) is 0.858. The zero-order chi connectivity index (χ0) is 15.1. The Kier molecular flexibility index (Phi) is 5.24. The summed E-state index contributed by atoms with van der Waals surface area (Å²) in [7, 11) is 0. The van der Waals surface area contributed by atoms with E-state index < -0.39 is 0 Å². The topological polar surface area (TPSA) is 55.1 Å². The van der Waals surface area contributed by atoms with E-state index in [9.17, 15) is 4.79 Å². The van der Waals surface area contributed by atoms with Crippen molar-refractivity contribution in [2.75, 3.05) is 5.75 Å². The summed E-state index contributed by atoms with van der Waals surface area (Å²) in [6.07, 6.45) is 5.92. The number of carbonyl (C=O) groups excluding carboxylic acids is 1. The summed E-state index contributed by atoms with van der Waals surface area (Å²) in [5.74, 6) is 2.33. The lowest BCUT2D eigenvalue weighted by molar-refractivity contribution is -0.124. The van der Waals surface area contributed by atoms with Gasteiger partial charge in [-0.3, -0.25) is 4.79 Å². The van der Waals surface area contributed by atoms with Crippen molar-refractivity contribution in [2.45, 2.75) is 55.0 Å². The SMILES string of the molecule is Cl.NC1CC2CCCC(C1)C2NC(=O)C1CSc2ccccc21. The van der Waals surface area contributed by atoms with Crippen molar-refractivity contribution in [2.24, 2.45) is 17.6 Å². The number of fused-ring (bicyclic) bond motifs is 3. The lowest BCUT2D eigenvalue weighted by Gasteiger charge is -2.45. The number of nitrogens with one attached hydrogen (secondary N) is 1. The molecular formula is C18H25ClN2OS. The second-order valence-electron chi connectivity index (χ2n) is 7.12. The van der Waals surface area contributed by atoms with Gasteiger partial charge in [0, 0.05) is 22.7 Å². The summed E-state index contributed by atoms with van der Waals surface area (Å²) in [6.45, 7) is 0. The van der Waals surface area contributed by atoms with Gasteiger partial charge < -0.3 is 11.1 Å². The highest BCUT2D eigenvalue weighted by Gasteiger charge is 2.41. The maximum Gasteiger partial charge on any atom is 0.228 e. The number of rotatable bonds is 2. The summed E-state index contributed by atoms with van der Waals surface area (Å²) in [5, 5.41) is 3.42. The third kappa shape index (κ3) is 3.26. The van der Waals surface area contributed by atoms with Gasteiger partial charge in [-0.05, 0) is 49.1 Å². The second kappa shape index (κ2) is 7.04. The van der Waals surface area contributed by atoms with Crippen LogP contribution in [0.3, 0.4) is 0 Å². The molecule has 0 aromatic heterocycles. The zero-order valence-corrected chi connectivity index (χ0v) is 14.9. The van der Waals surface area contributed by atoms with E-state index in [1.807, 2.05) is 17.8 Å². The van der Waals surface area contributed by atoms with Crippen molar-refractivity contribution in [3.8, 4) is 0 Å². The Morgan fingerprint density at radius 3 is 2.61 bits per heavy atom. The van der Waals surface area contributed by atoms with Crippen molar-refractivity contribution in [3.63, 3.8) is 0 Å². The highest BCUT2D eigenvalue weighted by atomic mass is 35.5. The average Bonchev–Trinajstić information content (AvgIpc) is 2.92. The van der Waals surface area contributed by atoms with Gasteiger partial charge in [-0.1, -0.05) is 24.6 Å². The van der Waals surface area contributed by atoms with Gasteiger partial charge in [-0.2, -0.15) is 0 Å². The Hall–Kier alpha value is -0.710. The standard InChI is InChI=1S/C18H24N2OS.ClH/c19-13-8-11-4-3-5-12(9-13)17(11)20-18(21)15-10-22-16-7-2-1-6-14(15)16;/h1-2,6-7,11-13,15,17H,3-5,8-10,19H2,(H,20,21);1H. The number of thioether (sulfide) groups is 1. The van der Waals surface area contributed by atoms with Crippen LogP contribution >= 0.6 is 24.2 Å². The molecule has 2 bridgehead atoms. The molecule has 1 aromatic rings. The van der Waals surface area contributed by atoms with Gasteiger partial charge in [-0.15, -0.1) is 24.2 Å². The van der Waals surface area contributed by atoms with Crippen LogP contribution in [0.4, 0.5) is 0 Å². The molecule has 3 atom stereocenters. The van der Waals surface area contributed by atoms with Crippen LogP contribution in [-0.4, -0.2) is 23.7 Å². The van der Waals surface area contributed by atoms with Crippen LogP contribution in [-0.2, 0) is 4.79 Å². The van der Waals surface area contributed by atoms with E-state index >= 15 is 0 Å². The lowest BCUT2D eigenvalue weighted by atomic mass is 9.67. The summed E-state index contributed by atoms with van der Waals surface area (Å²) < 4.78 is 0. The smallest absolute Gasteiger partial charge is 0.228 e. The first-order valence-electron chi connectivity index (χ1n) is 8.50. The number of halogens is 1. The third-order valence-electron chi connectivity index (χ3n) is 5.70. The summed E-state index contributed by atoms with van der Waals surface area (Å²) in [5.41, 5.74) is 7.40. The van der Waals surface area contributed by atoms with Gasteiger partial charge in [0.25, 0.3) is 0 Å². The van der Waals surface area contributed by atoms with E-state index in [0.717, 1.165) is 18.6 Å². The molecule has 1 amide bonds. The monoisotopic (exact) mass is 352 g/mol. The molecule has 3 N–H and O–H groups in total. The number of amides is 1. The van der Waals surface area contributed by atoms with Crippen LogP contribution in [0.5, 0.6) is 0 Å². The summed E-state index contributed by atoms with van der Waals surface area (Å²) in [6, 6.07) is 9.03. The molecule has 1 aromatic carbocycles. The minimum absolute atomic E-state index is 0. The van der Waals surface area contributed by atoms with Gasteiger partial charge in [0.15, 0.2) is 0 Å². The van der Waals surface area contributed by atoms with E-state index in [1.54, 1.807) is 0 Å². The Morgan fingerprint density at radius 2 is 1.87 bits per heavy atom. The van der Waals surface area contributed by atoms with Crippen LogP contribution in [0, 0.1) is 11.8 Å². The maximum atomic E-state index is 12.8. The van der Waals surface area contributed by atoms with Crippen molar-refractivity contribution >= 4 is 30.1 Å². The molecule has 0 saturated heterocycles. The van der Waals surface area contributed by atoms with Crippen LogP contribution < -0.4 is 11.1 Å². The number of hydrogen-bond acceptors (Lipinski definition) is 3. The zero-order valence-electron chi connectivity index (χ0n) is 13.2. The van der Waals surface area contributed by atoms with Crippen LogP contribution in [0.25, 0.3) is 0 Å². The first-order valence-corrected chi connectivity index (χ1v) is 9.48. The average molecular weight is 353 g/mol. The largest absolute Gasteiger partial charge is 0.352 e. The molecule has 3 unspecified atom stereocenters. The van der Waals surface area contributed by atoms with E-state index in [-0.39, 0.29) is 24.2 Å². The fraction of sp³-hybridized carbons (Fsp3) is 0.611. The van der Waals surface area contributed by atoms with Gasteiger partial charge in [0.05, 0.1) is 5.92 Å². The highest BCUT2D eigenvalue weighted by Crippen LogP contribution is 2.42. The number of carbonyl (C=O) groups is 1. The lowest BCUT2D eigenvalue weighted by Crippen LogP contribution is -2.54. The molecule has 2 aliphatic carbocycles. The summed E-state index contributed by atoms with van der Waals surface area (Å²) >= 11 is 1.81. The molecule has 126 valence electrons. The van der Waals surface area contributed by atoms with Crippen molar-refractivity contribution in [1.29, 1.82) is 0 Å². The molecule has 0 spiro atoms. The predicted octanol–water partition coefficient (Wildman–Crippen LogP) is 3.32. The van der Waals surface area contributed by atoms with Crippen molar-refractivity contribution < 1.29 is 4.79 Å². The second-order valence-corrected chi connectivity index (χ2v) is 8.18. The van der Waals surface area contributed by atoms with E-state index in [4.69, 9.17) is 5.73 Å². The van der Waals surface area contributed by atoms with Crippen molar-refractivity contribution in [1.82, 2.24) is 5.32 Å². The molecule has 2 fully saturated rings. The van der Waals surface area contributed by atoms with Crippen LogP contribution in [0.2, 0.25) is 0 Å². The molecule has 2 saturated carbocycles. The normalized spacial score (nSPS) is 35.1. The number of nitrogens with two attached hydrogens (primary N) is 1. The van der Waals surface area contributed by atoms with E-state index in [1.165, 1.54) is 29.7 Å². The van der Waals surface area contributed by atoms with Crippen LogP contribution in [0.15, 0.2) is 29.2 Å². The van der Waals surface area contributed by atoms with E-state index in [0.29, 0.717) is 23.9 Å². The third-order valence-corrected chi connectivity index (χ3v) is 6.88. The maximum absolute atomic E-state index is 12.8. The predicted molar refractivity (Wildman–Crippen MR) is 97.1 cm³/mol. The van der Waals surface area contributed by atoms with Crippen LogP contribution in [0.1, 0.15) is 43.6 Å². The molecule has 23 heavy (non-hydrogen) atoms. The van der Waals surface area contributed by atoms with Gasteiger partial charge >= 0.3 is 0 Å². The minimum Gasteiger partial charge on any atom is -0.352 e. The summed E-state index contributed by atoms with van der Waals surface area (Å²) in [4.78, 5) is 14.1. The molecule has 3 nitrogen and oxygen atoms in total. The molecule has 0 radical (unpaired) electrons. The van der Waals surface area contributed by atoms with Gasteiger partial charge in [0.2, 0.25) is 5.91 Å². The molecule has 1 aliphatic heterocycles. The number of hydrogen-bond donors (Lipinski definition) is 2. The Bertz CT molecular complexity index is 568. The molecule has 1 heterocycles.